The zero-order valence-corrected chi connectivity index (χ0v) is 20.2. The molecule has 4 aromatic rings. The minimum atomic E-state index is -0.174. The smallest absolute Gasteiger partial charge is 0.161 e. The number of ether oxygens (including phenoxy) is 1. The van der Waals surface area contributed by atoms with Gasteiger partial charge in [0.05, 0.1) is 18.0 Å². The van der Waals surface area contributed by atoms with Gasteiger partial charge in [-0.15, -0.1) is 5.10 Å². The minimum Gasteiger partial charge on any atom is -0.494 e. The Morgan fingerprint density at radius 2 is 1.47 bits per heavy atom. The van der Waals surface area contributed by atoms with Crippen LogP contribution in [0, 0.1) is 26.6 Å². The number of para-hydroxylation sites is 1. The average Bonchev–Trinajstić information content (AvgIpc) is 3.12. The number of halogens is 1. The first-order chi connectivity index (χ1) is 16.5. The maximum absolute atomic E-state index is 14.3. The average molecular weight is 460 g/mol. The fraction of sp³-hybridized carbons (Fsp3) is 0.333. The molecule has 6 nitrogen and oxygen atoms in total. The molecule has 0 aliphatic carbocycles. The third-order valence-corrected chi connectivity index (χ3v) is 6.70. The maximum Gasteiger partial charge on any atom is 0.161 e. The number of piperazine rings is 1. The van der Waals surface area contributed by atoms with Crippen molar-refractivity contribution in [3.05, 3.63) is 71.4 Å². The standard InChI is InChI=1S/C27H30FN5O/c1-5-34-22-12-10-21(11-13-22)33-19(3)25-18(2)29-30-27(26(25)20(33)4)32-16-14-31(15-17-32)24-9-7-6-8-23(24)28/h6-13H,5,14-17H2,1-4H3. The van der Waals surface area contributed by atoms with E-state index in [9.17, 15) is 4.39 Å². The number of hydrogen-bond acceptors (Lipinski definition) is 5. The molecule has 34 heavy (non-hydrogen) atoms. The Kier molecular flexibility index (Phi) is 5.86. The van der Waals surface area contributed by atoms with E-state index < -0.39 is 0 Å². The zero-order chi connectivity index (χ0) is 23.8. The Labute approximate surface area is 199 Å². The zero-order valence-electron chi connectivity index (χ0n) is 20.2. The van der Waals surface area contributed by atoms with Gasteiger partial charge in [-0.3, -0.25) is 0 Å². The van der Waals surface area contributed by atoms with E-state index in [0.717, 1.165) is 71.3 Å². The van der Waals surface area contributed by atoms with Crippen LogP contribution in [-0.2, 0) is 0 Å². The summed E-state index contributed by atoms with van der Waals surface area (Å²) in [6.07, 6.45) is 0. The van der Waals surface area contributed by atoms with Gasteiger partial charge in [-0.05, 0) is 64.1 Å². The van der Waals surface area contributed by atoms with Crippen LogP contribution in [0.15, 0.2) is 48.5 Å². The highest BCUT2D eigenvalue weighted by molar-refractivity contribution is 5.98. The quantitative estimate of drug-likeness (QED) is 0.410. The second-order valence-corrected chi connectivity index (χ2v) is 8.72. The molecule has 1 aliphatic rings. The fourth-order valence-corrected chi connectivity index (χ4v) is 5.11. The van der Waals surface area contributed by atoms with Gasteiger partial charge in [0.25, 0.3) is 0 Å². The minimum absolute atomic E-state index is 0.174. The molecule has 176 valence electrons. The second kappa shape index (κ2) is 8.97. The number of hydrogen-bond donors (Lipinski definition) is 0. The topological polar surface area (TPSA) is 46.4 Å². The van der Waals surface area contributed by atoms with Crippen LogP contribution in [0.5, 0.6) is 5.75 Å². The number of aryl methyl sites for hydroxylation is 3. The third kappa shape index (κ3) is 3.75. The normalized spacial score (nSPS) is 14.1. The lowest BCUT2D eigenvalue weighted by Gasteiger charge is -2.37. The van der Waals surface area contributed by atoms with Gasteiger partial charge in [0.2, 0.25) is 0 Å². The molecule has 1 fully saturated rings. The van der Waals surface area contributed by atoms with Gasteiger partial charge in [-0.2, -0.15) is 5.10 Å². The lowest BCUT2D eigenvalue weighted by Crippen LogP contribution is -2.47. The van der Waals surface area contributed by atoms with Crippen LogP contribution in [0.25, 0.3) is 16.5 Å². The van der Waals surface area contributed by atoms with E-state index in [1.54, 1.807) is 6.07 Å². The number of anilines is 2. The molecule has 7 heteroatoms. The fourth-order valence-electron chi connectivity index (χ4n) is 5.11. The molecular weight excluding hydrogens is 429 g/mol. The molecule has 0 atom stereocenters. The Balaban J connectivity index is 1.50. The van der Waals surface area contributed by atoms with Crippen LogP contribution in [0.4, 0.5) is 15.9 Å². The van der Waals surface area contributed by atoms with Crippen molar-refractivity contribution in [2.45, 2.75) is 27.7 Å². The predicted molar refractivity (Wildman–Crippen MR) is 135 cm³/mol. The SMILES string of the molecule is CCOc1ccc(-n2c(C)c3c(C)nnc(N4CCN(c5ccccc5F)CC4)c3c2C)cc1. The monoisotopic (exact) mass is 459 g/mol. The lowest BCUT2D eigenvalue weighted by molar-refractivity contribution is 0.340. The first-order valence-corrected chi connectivity index (χ1v) is 11.8. The van der Waals surface area contributed by atoms with Gasteiger partial charge >= 0.3 is 0 Å². The molecule has 1 saturated heterocycles. The predicted octanol–water partition coefficient (Wildman–Crippen LogP) is 5.21. The number of benzene rings is 2. The van der Waals surface area contributed by atoms with Gasteiger partial charge in [-0.1, -0.05) is 12.1 Å². The van der Waals surface area contributed by atoms with Gasteiger partial charge in [0.15, 0.2) is 5.82 Å². The van der Waals surface area contributed by atoms with Crippen molar-refractivity contribution < 1.29 is 9.13 Å². The van der Waals surface area contributed by atoms with Crippen molar-refractivity contribution in [3.63, 3.8) is 0 Å². The Morgan fingerprint density at radius 3 is 2.15 bits per heavy atom. The van der Waals surface area contributed by atoms with Crippen LogP contribution >= 0.6 is 0 Å². The summed E-state index contributed by atoms with van der Waals surface area (Å²) in [7, 11) is 0. The molecule has 5 rings (SSSR count). The Bertz CT molecular complexity index is 1320. The van der Waals surface area contributed by atoms with Gasteiger partial charge < -0.3 is 19.1 Å². The number of nitrogens with zero attached hydrogens (tertiary/aromatic N) is 5. The van der Waals surface area contributed by atoms with E-state index in [-0.39, 0.29) is 5.82 Å². The molecule has 0 radical (unpaired) electrons. The Hall–Kier alpha value is -3.61. The molecule has 2 aromatic heterocycles. The van der Waals surface area contributed by atoms with E-state index in [2.05, 4.69) is 50.5 Å². The molecule has 0 spiro atoms. The van der Waals surface area contributed by atoms with Crippen LogP contribution in [0.3, 0.4) is 0 Å². The third-order valence-electron chi connectivity index (χ3n) is 6.70. The Morgan fingerprint density at radius 1 is 0.824 bits per heavy atom. The van der Waals surface area contributed by atoms with Crippen LogP contribution in [-0.4, -0.2) is 47.6 Å². The van der Waals surface area contributed by atoms with Crippen molar-refractivity contribution in [2.75, 3.05) is 42.6 Å². The van der Waals surface area contributed by atoms with Gasteiger partial charge in [-0.25, -0.2) is 4.39 Å². The summed E-state index contributed by atoms with van der Waals surface area (Å²) in [5, 5.41) is 11.4. The van der Waals surface area contributed by atoms with Gasteiger partial charge in [0.1, 0.15) is 11.6 Å². The summed E-state index contributed by atoms with van der Waals surface area (Å²) in [4.78, 5) is 4.38. The van der Waals surface area contributed by atoms with Crippen LogP contribution < -0.4 is 14.5 Å². The van der Waals surface area contributed by atoms with Crippen molar-refractivity contribution in [3.8, 4) is 11.4 Å². The molecule has 0 saturated carbocycles. The van der Waals surface area contributed by atoms with E-state index in [0.29, 0.717) is 12.3 Å². The molecule has 0 unspecified atom stereocenters. The van der Waals surface area contributed by atoms with Crippen molar-refractivity contribution in [2.24, 2.45) is 0 Å². The summed E-state index contributed by atoms with van der Waals surface area (Å²) in [5.74, 6) is 1.60. The molecule has 3 heterocycles. The van der Waals surface area contributed by atoms with E-state index >= 15 is 0 Å². The van der Waals surface area contributed by atoms with Crippen molar-refractivity contribution >= 4 is 22.3 Å². The maximum atomic E-state index is 14.3. The summed E-state index contributed by atoms with van der Waals surface area (Å²) in [6.45, 7) is 11.9. The molecule has 0 bridgehead atoms. The first kappa shape index (κ1) is 22.2. The van der Waals surface area contributed by atoms with Crippen molar-refractivity contribution in [1.29, 1.82) is 0 Å². The van der Waals surface area contributed by atoms with Crippen molar-refractivity contribution in [1.82, 2.24) is 14.8 Å². The molecule has 0 amide bonds. The lowest BCUT2D eigenvalue weighted by atomic mass is 10.1. The van der Waals surface area contributed by atoms with Crippen LogP contribution in [0.1, 0.15) is 24.0 Å². The largest absolute Gasteiger partial charge is 0.494 e. The molecular formula is C27H30FN5O. The highest BCUT2D eigenvalue weighted by atomic mass is 19.1. The highest BCUT2D eigenvalue weighted by Crippen LogP contribution is 2.36. The molecule has 2 aromatic carbocycles. The van der Waals surface area contributed by atoms with Crippen LogP contribution in [0.2, 0.25) is 0 Å². The van der Waals surface area contributed by atoms with E-state index in [1.807, 2.05) is 38.1 Å². The number of fused-ring (bicyclic) bond motifs is 1. The first-order valence-electron chi connectivity index (χ1n) is 11.8. The summed E-state index contributed by atoms with van der Waals surface area (Å²) < 4.78 is 22.2. The van der Waals surface area contributed by atoms with Gasteiger partial charge in [0, 0.05) is 54.0 Å². The summed E-state index contributed by atoms with van der Waals surface area (Å²) in [6, 6.07) is 15.2. The molecule has 1 aliphatic heterocycles. The highest BCUT2D eigenvalue weighted by Gasteiger charge is 2.26. The number of aromatic nitrogens is 3. The summed E-state index contributed by atoms with van der Waals surface area (Å²) in [5.41, 5.74) is 4.96. The summed E-state index contributed by atoms with van der Waals surface area (Å²) >= 11 is 0. The van der Waals surface area contributed by atoms with E-state index in [4.69, 9.17) is 4.74 Å². The number of rotatable bonds is 5. The molecule has 0 N–H and O–H groups in total. The second-order valence-electron chi connectivity index (χ2n) is 8.72. The van der Waals surface area contributed by atoms with E-state index in [1.165, 1.54) is 6.07 Å².